The minimum atomic E-state index is -0.0316. The van der Waals surface area contributed by atoms with Crippen LogP contribution < -0.4 is 10.2 Å². The first-order valence-corrected chi connectivity index (χ1v) is 7.72. The highest BCUT2D eigenvalue weighted by Gasteiger charge is 2.32. The van der Waals surface area contributed by atoms with Gasteiger partial charge in [0.05, 0.1) is 11.7 Å². The van der Waals surface area contributed by atoms with Crippen molar-refractivity contribution in [2.45, 2.75) is 25.8 Å². The van der Waals surface area contributed by atoms with Gasteiger partial charge in [0.15, 0.2) is 0 Å². The van der Waals surface area contributed by atoms with E-state index in [-0.39, 0.29) is 11.9 Å². The standard InChI is InChI=1S/C13H16Br2N2O/c1-2-6-16-11-5-7-17(13(11)18)12-8-9(14)3-4-10(12)15/h3-4,8,11,16H,2,5-7H2,1H3. The first kappa shape index (κ1) is 14.0. The van der Waals surface area contributed by atoms with Crippen LogP contribution >= 0.6 is 31.9 Å². The molecule has 1 saturated heterocycles. The Bertz CT molecular complexity index is 451. The zero-order valence-electron chi connectivity index (χ0n) is 10.2. The fourth-order valence-electron chi connectivity index (χ4n) is 2.12. The molecular weight excluding hydrogens is 360 g/mol. The second-order valence-corrected chi connectivity index (χ2v) is 6.15. The number of benzene rings is 1. The van der Waals surface area contributed by atoms with Gasteiger partial charge in [0.2, 0.25) is 5.91 Å². The van der Waals surface area contributed by atoms with Crippen LogP contribution in [0.4, 0.5) is 5.69 Å². The molecule has 1 aromatic carbocycles. The maximum absolute atomic E-state index is 12.3. The number of nitrogens with one attached hydrogen (secondary N) is 1. The second kappa shape index (κ2) is 6.17. The number of rotatable bonds is 4. The lowest BCUT2D eigenvalue weighted by atomic mass is 10.2. The quantitative estimate of drug-likeness (QED) is 0.875. The highest BCUT2D eigenvalue weighted by Crippen LogP contribution is 2.32. The van der Waals surface area contributed by atoms with Gasteiger partial charge < -0.3 is 10.2 Å². The van der Waals surface area contributed by atoms with Crippen molar-refractivity contribution >= 4 is 43.5 Å². The molecule has 0 radical (unpaired) electrons. The summed E-state index contributed by atoms with van der Waals surface area (Å²) in [7, 11) is 0. The molecule has 2 rings (SSSR count). The summed E-state index contributed by atoms with van der Waals surface area (Å²) in [4.78, 5) is 14.2. The number of nitrogens with zero attached hydrogens (tertiary/aromatic N) is 1. The lowest BCUT2D eigenvalue weighted by Crippen LogP contribution is -2.38. The molecule has 1 heterocycles. The number of anilines is 1. The van der Waals surface area contributed by atoms with E-state index in [2.05, 4.69) is 44.1 Å². The van der Waals surface area contributed by atoms with Gasteiger partial charge in [0.1, 0.15) is 0 Å². The van der Waals surface area contributed by atoms with Crippen LogP contribution in [0.5, 0.6) is 0 Å². The average molecular weight is 376 g/mol. The summed E-state index contributed by atoms with van der Waals surface area (Å²) in [5.41, 5.74) is 0.940. The number of amides is 1. The van der Waals surface area contributed by atoms with E-state index in [1.54, 1.807) is 0 Å². The summed E-state index contributed by atoms with van der Waals surface area (Å²) in [5, 5.41) is 3.30. The zero-order valence-corrected chi connectivity index (χ0v) is 13.4. The SMILES string of the molecule is CCCNC1CCN(c2cc(Br)ccc2Br)C1=O. The van der Waals surface area contributed by atoms with Crippen LogP contribution in [0.25, 0.3) is 0 Å². The van der Waals surface area contributed by atoms with Crippen LogP contribution in [0.3, 0.4) is 0 Å². The van der Waals surface area contributed by atoms with E-state index in [1.165, 1.54) is 0 Å². The molecule has 0 aromatic heterocycles. The van der Waals surface area contributed by atoms with Gasteiger partial charge in [-0.2, -0.15) is 0 Å². The van der Waals surface area contributed by atoms with E-state index in [0.29, 0.717) is 0 Å². The Balaban J connectivity index is 2.15. The molecule has 0 aliphatic carbocycles. The van der Waals surface area contributed by atoms with Crippen LogP contribution in [0.15, 0.2) is 27.1 Å². The molecule has 98 valence electrons. The third-order valence-corrected chi connectivity index (χ3v) is 4.21. The summed E-state index contributed by atoms with van der Waals surface area (Å²) in [6, 6.07) is 5.86. The number of carbonyl (C=O) groups excluding carboxylic acids is 1. The van der Waals surface area contributed by atoms with Crippen LogP contribution in [0.2, 0.25) is 0 Å². The monoisotopic (exact) mass is 374 g/mol. The van der Waals surface area contributed by atoms with Crippen LogP contribution in [0, 0.1) is 0 Å². The number of hydrogen-bond donors (Lipinski definition) is 1. The van der Waals surface area contributed by atoms with E-state index >= 15 is 0 Å². The third kappa shape index (κ3) is 2.95. The molecule has 1 unspecified atom stereocenters. The Kier molecular flexibility index (Phi) is 4.81. The van der Waals surface area contributed by atoms with Crippen LogP contribution in [-0.4, -0.2) is 25.0 Å². The first-order chi connectivity index (χ1) is 8.63. The third-order valence-electron chi connectivity index (χ3n) is 3.05. The fourth-order valence-corrected chi connectivity index (χ4v) is 2.93. The Morgan fingerprint density at radius 1 is 1.44 bits per heavy atom. The first-order valence-electron chi connectivity index (χ1n) is 6.13. The number of halogens is 2. The van der Waals surface area contributed by atoms with Gasteiger partial charge in [0.25, 0.3) is 0 Å². The Hall–Kier alpha value is -0.390. The second-order valence-electron chi connectivity index (χ2n) is 4.38. The van der Waals surface area contributed by atoms with Crippen molar-refractivity contribution in [1.82, 2.24) is 5.32 Å². The van der Waals surface area contributed by atoms with Gasteiger partial charge >= 0.3 is 0 Å². The maximum atomic E-state index is 12.3. The van der Waals surface area contributed by atoms with Crippen molar-refractivity contribution in [3.05, 3.63) is 27.1 Å². The Labute approximate surface area is 124 Å². The highest BCUT2D eigenvalue weighted by molar-refractivity contribution is 9.11. The molecule has 1 aliphatic rings. The van der Waals surface area contributed by atoms with Crippen molar-refractivity contribution in [2.24, 2.45) is 0 Å². The topological polar surface area (TPSA) is 32.3 Å². The molecule has 1 aliphatic heterocycles. The van der Waals surface area contributed by atoms with Crippen LogP contribution in [-0.2, 0) is 4.79 Å². The van der Waals surface area contributed by atoms with E-state index in [4.69, 9.17) is 0 Å². The summed E-state index contributed by atoms with van der Waals surface area (Å²) in [6.07, 6.45) is 1.92. The Morgan fingerprint density at radius 3 is 2.94 bits per heavy atom. The molecule has 1 fully saturated rings. The van der Waals surface area contributed by atoms with Crippen molar-refractivity contribution in [3.63, 3.8) is 0 Å². The maximum Gasteiger partial charge on any atom is 0.244 e. The van der Waals surface area contributed by atoms with Gasteiger partial charge in [0, 0.05) is 15.5 Å². The fraction of sp³-hybridized carbons (Fsp3) is 0.462. The molecule has 3 nitrogen and oxygen atoms in total. The highest BCUT2D eigenvalue weighted by atomic mass is 79.9. The normalized spacial score (nSPS) is 19.6. The lowest BCUT2D eigenvalue weighted by molar-refractivity contribution is -0.118. The minimum Gasteiger partial charge on any atom is -0.310 e. The molecule has 1 N–H and O–H groups in total. The summed E-state index contributed by atoms with van der Waals surface area (Å²) >= 11 is 6.95. The summed E-state index contributed by atoms with van der Waals surface area (Å²) in [6.45, 7) is 3.77. The molecule has 0 bridgehead atoms. The summed E-state index contributed by atoms with van der Waals surface area (Å²) < 4.78 is 1.94. The molecule has 1 aromatic rings. The minimum absolute atomic E-state index is 0.0316. The smallest absolute Gasteiger partial charge is 0.244 e. The van der Waals surface area contributed by atoms with Crippen molar-refractivity contribution in [3.8, 4) is 0 Å². The molecule has 1 atom stereocenters. The molecule has 1 amide bonds. The van der Waals surface area contributed by atoms with E-state index in [0.717, 1.165) is 40.6 Å². The van der Waals surface area contributed by atoms with Gasteiger partial charge in [-0.1, -0.05) is 22.9 Å². The molecule has 0 spiro atoms. The van der Waals surface area contributed by atoms with Gasteiger partial charge in [-0.05, 0) is 53.5 Å². The largest absolute Gasteiger partial charge is 0.310 e. The van der Waals surface area contributed by atoms with Crippen molar-refractivity contribution in [1.29, 1.82) is 0 Å². The molecule has 0 saturated carbocycles. The predicted octanol–water partition coefficient (Wildman–Crippen LogP) is 3.32. The molecule has 5 heteroatoms. The number of hydrogen-bond acceptors (Lipinski definition) is 2. The van der Waals surface area contributed by atoms with Crippen molar-refractivity contribution in [2.75, 3.05) is 18.0 Å². The van der Waals surface area contributed by atoms with Crippen LogP contribution in [0.1, 0.15) is 19.8 Å². The average Bonchev–Trinajstić information content (AvgIpc) is 2.71. The van der Waals surface area contributed by atoms with Crippen molar-refractivity contribution < 1.29 is 4.79 Å². The van der Waals surface area contributed by atoms with Gasteiger partial charge in [-0.25, -0.2) is 0 Å². The Morgan fingerprint density at radius 2 is 2.22 bits per heavy atom. The molecular formula is C13H16Br2N2O. The van der Waals surface area contributed by atoms with E-state index in [1.807, 2.05) is 23.1 Å². The van der Waals surface area contributed by atoms with Gasteiger partial charge in [-0.3, -0.25) is 4.79 Å². The summed E-state index contributed by atoms with van der Waals surface area (Å²) in [5.74, 6) is 0.169. The predicted molar refractivity (Wildman–Crippen MR) is 80.9 cm³/mol. The zero-order chi connectivity index (χ0) is 13.1. The molecule has 18 heavy (non-hydrogen) atoms. The van der Waals surface area contributed by atoms with Gasteiger partial charge in [-0.15, -0.1) is 0 Å². The lowest BCUT2D eigenvalue weighted by Gasteiger charge is -2.19. The van der Waals surface area contributed by atoms with E-state index in [9.17, 15) is 4.79 Å². The van der Waals surface area contributed by atoms with E-state index < -0.39 is 0 Å². The number of carbonyl (C=O) groups is 1.